The summed E-state index contributed by atoms with van der Waals surface area (Å²) in [5.74, 6) is -0.248. The van der Waals surface area contributed by atoms with Crippen LogP contribution in [0.15, 0.2) is 24.3 Å². The number of carbonyl (C=O) groups is 2. The fourth-order valence-corrected chi connectivity index (χ4v) is 3.91. The SMILES string of the molecule is CC(C)N1CC(C(=O)NCC(c2ccc(Cl)cc2)N2CCOCC2)CC1=O. The number of rotatable bonds is 6. The largest absolute Gasteiger partial charge is 0.379 e. The number of carbonyl (C=O) groups excluding carboxylic acids is 2. The Balaban J connectivity index is 1.64. The summed E-state index contributed by atoms with van der Waals surface area (Å²) >= 11 is 6.03. The molecule has 0 radical (unpaired) electrons. The van der Waals surface area contributed by atoms with Gasteiger partial charge in [-0.1, -0.05) is 23.7 Å². The minimum absolute atomic E-state index is 0.0428. The lowest BCUT2D eigenvalue weighted by Gasteiger charge is -2.35. The summed E-state index contributed by atoms with van der Waals surface area (Å²) in [6.45, 7) is 8.01. The predicted octanol–water partition coefficient (Wildman–Crippen LogP) is 2.09. The van der Waals surface area contributed by atoms with Crippen LogP contribution in [0.2, 0.25) is 5.02 Å². The lowest BCUT2D eigenvalue weighted by Crippen LogP contribution is -2.45. The highest BCUT2D eigenvalue weighted by Crippen LogP contribution is 2.24. The van der Waals surface area contributed by atoms with Crippen LogP contribution in [0, 0.1) is 5.92 Å². The molecule has 2 atom stereocenters. The molecule has 27 heavy (non-hydrogen) atoms. The van der Waals surface area contributed by atoms with Crippen LogP contribution in [0.3, 0.4) is 0 Å². The standard InChI is InChI=1S/C20H28ClN3O3/c1-14(2)24-13-16(11-19(24)25)20(26)22-12-18(23-7-9-27-10-8-23)15-3-5-17(21)6-4-15/h3-6,14,16,18H,7-13H2,1-2H3,(H,22,26). The highest BCUT2D eigenvalue weighted by atomic mass is 35.5. The van der Waals surface area contributed by atoms with E-state index >= 15 is 0 Å². The van der Waals surface area contributed by atoms with Crippen molar-refractivity contribution in [2.45, 2.75) is 32.4 Å². The van der Waals surface area contributed by atoms with Gasteiger partial charge in [0.1, 0.15) is 0 Å². The third-order valence-corrected chi connectivity index (χ3v) is 5.62. The topological polar surface area (TPSA) is 61.9 Å². The molecule has 2 aliphatic rings. The first kappa shape index (κ1) is 20.1. The zero-order chi connectivity index (χ0) is 19.4. The molecule has 1 N–H and O–H groups in total. The molecular weight excluding hydrogens is 366 g/mol. The van der Waals surface area contributed by atoms with Crippen molar-refractivity contribution in [2.75, 3.05) is 39.4 Å². The first-order valence-corrected chi connectivity index (χ1v) is 9.98. The van der Waals surface area contributed by atoms with Crippen LogP contribution in [0.5, 0.6) is 0 Å². The van der Waals surface area contributed by atoms with Crippen LogP contribution in [0.25, 0.3) is 0 Å². The van der Waals surface area contributed by atoms with Gasteiger partial charge >= 0.3 is 0 Å². The molecule has 0 aromatic heterocycles. The summed E-state index contributed by atoms with van der Waals surface area (Å²) in [6.07, 6.45) is 0.299. The van der Waals surface area contributed by atoms with E-state index in [2.05, 4.69) is 10.2 Å². The molecule has 0 saturated carbocycles. The molecule has 3 rings (SSSR count). The van der Waals surface area contributed by atoms with Crippen LogP contribution in [-0.2, 0) is 14.3 Å². The maximum Gasteiger partial charge on any atom is 0.225 e. The molecule has 1 aromatic rings. The predicted molar refractivity (Wildman–Crippen MR) is 105 cm³/mol. The zero-order valence-corrected chi connectivity index (χ0v) is 16.7. The second-order valence-corrected chi connectivity index (χ2v) is 7.94. The average molecular weight is 394 g/mol. The molecule has 148 valence electrons. The Labute approximate surface area is 165 Å². The van der Waals surface area contributed by atoms with Crippen molar-refractivity contribution in [3.05, 3.63) is 34.9 Å². The van der Waals surface area contributed by atoms with Gasteiger partial charge in [-0.3, -0.25) is 14.5 Å². The van der Waals surface area contributed by atoms with Crippen molar-refractivity contribution in [1.82, 2.24) is 15.1 Å². The fourth-order valence-electron chi connectivity index (χ4n) is 3.78. The van der Waals surface area contributed by atoms with E-state index in [0.29, 0.717) is 37.7 Å². The van der Waals surface area contributed by atoms with Crippen molar-refractivity contribution in [1.29, 1.82) is 0 Å². The quantitative estimate of drug-likeness (QED) is 0.803. The van der Waals surface area contributed by atoms with E-state index in [1.807, 2.05) is 38.1 Å². The molecule has 6 nitrogen and oxygen atoms in total. The van der Waals surface area contributed by atoms with Gasteiger partial charge in [-0.05, 0) is 31.5 Å². The molecule has 0 aliphatic carbocycles. The maximum absolute atomic E-state index is 12.7. The summed E-state index contributed by atoms with van der Waals surface area (Å²) in [5.41, 5.74) is 1.12. The molecule has 0 bridgehead atoms. The monoisotopic (exact) mass is 393 g/mol. The lowest BCUT2D eigenvalue weighted by molar-refractivity contribution is -0.130. The van der Waals surface area contributed by atoms with Crippen molar-refractivity contribution in [3.8, 4) is 0 Å². The van der Waals surface area contributed by atoms with Crippen molar-refractivity contribution in [3.63, 3.8) is 0 Å². The minimum atomic E-state index is -0.268. The van der Waals surface area contributed by atoms with Crippen molar-refractivity contribution >= 4 is 23.4 Å². The number of nitrogens with one attached hydrogen (secondary N) is 1. The van der Waals surface area contributed by atoms with Crippen LogP contribution < -0.4 is 5.32 Å². The minimum Gasteiger partial charge on any atom is -0.379 e. The van der Waals surface area contributed by atoms with Crippen LogP contribution >= 0.6 is 11.6 Å². The average Bonchev–Trinajstić information content (AvgIpc) is 3.06. The summed E-state index contributed by atoms with van der Waals surface area (Å²) < 4.78 is 5.46. The molecule has 2 saturated heterocycles. The normalized spacial score (nSPS) is 22.3. The number of nitrogens with zero attached hydrogens (tertiary/aromatic N) is 2. The number of likely N-dealkylation sites (tertiary alicyclic amines) is 1. The highest BCUT2D eigenvalue weighted by Gasteiger charge is 2.35. The molecule has 2 fully saturated rings. The summed E-state index contributed by atoms with van der Waals surface area (Å²) in [7, 11) is 0. The van der Waals surface area contributed by atoms with Gasteiger partial charge in [-0.25, -0.2) is 0 Å². The van der Waals surface area contributed by atoms with Crippen LogP contribution in [0.4, 0.5) is 0 Å². The molecule has 2 aliphatic heterocycles. The number of hydrogen-bond donors (Lipinski definition) is 1. The number of amides is 2. The number of halogens is 1. The third-order valence-electron chi connectivity index (χ3n) is 5.36. The molecule has 2 heterocycles. The molecule has 2 unspecified atom stereocenters. The van der Waals surface area contributed by atoms with Gasteiger partial charge in [-0.2, -0.15) is 0 Å². The van der Waals surface area contributed by atoms with E-state index in [9.17, 15) is 9.59 Å². The van der Waals surface area contributed by atoms with E-state index in [0.717, 1.165) is 18.7 Å². The zero-order valence-electron chi connectivity index (χ0n) is 16.0. The number of ether oxygens (including phenoxy) is 1. The fraction of sp³-hybridized carbons (Fsp3) is 0.600. The van der Waals surface area contributed by atoms with Crippen molar-refractivity contribution in [2.24, 2.45) is 5.92 Å². The Morgan fingerprint density at radius 1 is 1.26 bits per heavy atom. The molecule has 0 spiro atoms. The highest BCUT2D eigenvalue weighted by molar-refractivity contribution is 6.30. The second-order valence-electron chi connectivity index (χ2n) is 7.50. The van der Waals surface area contributed by atoms with Crippen LogP contribution in [0.1, 0.15) is 31.9 Å². The van der Waals surface area contributed by atoms with E-state index in [1.54, 1.807) is 4.90 Å². The Kier molecular flexibility index (Phi) is 6.73. The van der Waals surface area contributed by atoms with Crippen LogP contribution in [-0.4, -0.2) is 67.0 Å². The van der Waals surface area contributed by atoms with Gasteiger partial charge in [0.2, 0.25) is 11.8 Å². The first-order chi connectivity index (χ1) is 13.0. The van der Waals surface area contributed by atoms with Gasteiger partial charge < -0.3 is 15.0 Å². The molecule has 2 amide bonds. The van der Waals surface area contributed by atoms with Gasteiger partial charge in [0.05, 0.1) is 25.2 Å². The first-order valence-electron chi connectivity index (χ1n) is 9.60. The van der Waals surface area contributed by atoms with E-state index < -0.39 is 0 Å². The summed E-state index contributed by atoms with van der Waals surface area (Å²) in [5, 5.41) is 3.78. The maximum atomic E-state index is 12.7. The smallest absolute Gasteiger partial charge is 0.225 e. The summed E-state index contributed by atoms with van der Waals surface area (Å²) in [4.78, 5) is 28.9. The van der Waals surface area contributed by atoms with Gasteiger partial charge in [0.15, 0.2) is 0 Å². The molecular formula is C20H28ClN3O3. The molecule has 7 heteroatoms. The number of benzene rings is 1. The lowest BCUT2D eigenvalue weighted by atomic mass is 10.0. The van der Waals surface area contributed by atoms with Crippen molar-refractivity contribution < 1.29 is 14.3 Å². The van der Waals surface area contributed by atoms with E-state index in [1.165, 1.54) is 0 Å². The Hall–Kier alpha value is -1.63. The number of hydrogen-bond acceptors (Lipinski definition) is 4. The number of morpholine rings is 1. The van der Waals surface area contributed by atoms with Gasteiger partial charge in [-0.15, -0.1) is 0 Å². The molecule has 1 aromatic carbocycles. The third kappa shape index (κ3) is 5.00. The van der Waals surface area contributed by atoms with E-state index in [-0.39, 0.29) is 29.8 Å². The second kappa shape index (κ2) is 9.04. The van der Waals surface area contributed by atoms with Gasteiger partial charge in [0.25, 0.3) is 0 Å². The Bertz CT molecular complexity index is 659. The van der Waals surface area contributed by atoms with Gasteiger partial charge in [0, 0.05) is 43.7 Å². The summed E-state index contributed by atoms with van der Waals surface area (Å²) in [6, 6.07) is 7.96. The van der Waals surface area contributed by atoms with E-state index in [4.69, 9.17) is 16.3 Å². The Morgan fingerprint density at radius 3 is 2.52 bits per heavy atom. The Morgan fingerprint density at radius 2 is 1.93 bits per heavy atom.